The molecule has 0 bridgehead atoms. The maximum atomic E-state index is 15.2. The lowest BCUT2D eigenvalue weighted by Gasteiger charge is -2.50. The van der Waals surface area contributed by atoms with Crippen LogP contribution in [0.15, 0.2) is 54.1 Å². The number of carbonyl (C=O) groups is 4. The van der Waals surface area contributed by atoms with Gasteiger partial charge in [-0.1, -0.05) is 29.8 Å². The molecule has 6 unspecified atom stereocenters. The Morgan fingerprint density at radius 3 is 1.78 bits per heavy atom. The van der Waals surface area contributed by atoms with Crippen LogP contribution < -0.4 is 9.80 Å². The Morgan fingerprint density at radius 1 is 0.704 bits per heavy atom. The van der Waals surface area contributed by atoms with Gasteiger partial charge in [0.2, 0.25) is 17.6 Å². The van der Waals surface area contributed by atoms with Gasteiger partial charge in [-0.25, -0.2) is 31.8 Å². The second kappa shape index (κ2) is 11.9. The van der Waals surface area contributed by atoms with E-state index in [0.29, 0.717) is 0 Å². The van der Waals surface area contributed by atoms with Gasteiger partial charge in [-0.3, -0.25) is 19.2 Å². The van der Waals surface area contributed by atoms with Crippen molar-refractivity contribution in [3.8, 4) is 5.75 Å². The number of fused-ring (bicyclic) bond motifs is 4. The fraction of sp³-hybridized carbons (Fsp3) is 0.294. The van der Waals surface area contributed by atoms with E-state index >= 15 is 8.78 Å². The molecule has 7 rings (SSSR count). The van der Waals surface area contributed by atoms with E-state index in [4.69, 9.17) is 23.2 Å². The summed E-state index contributed by atoms with van der Waals surface area (Å²) in [5.74, 6) is -26.6. The number of imide groups is 2. The van der Waals surface area contributed by atoms with E-state index < -0.39 is 144 Å². The van der Waals surface area contributed by atoms with Crippen molar-refractivity contribution in [3.63, 3.8) is 0 Å². The van der Waals surface area contributed by atoms with E-state index in [0.717, 1.165) is 12.1 Å². The smallest absolute Gasteiger partial charge is 0.416 e. The summed E-state index contributed by atoms with van der Waals surface area (Å²) in [7, 11) is 0. The molecule has 1 N–H and O–H groups in total. The second-order valence-electron chi connectivity index (χ2n) is 13.0. The summed E-state index contributed by atoms with van der Waals surface area (Å²) in [6.45, 7) is 0. The summed E-state index contributed by atoms with van der Waals surface area (Å²) >= 11 is 13.9. The van der Waals surface area contributed by atoms with Gasteiger partial charge in [-0.2, -0.15) is 26.3 Å². The van der Waals surface area contributed by atoms with Crippen molar-refractivity contribution >= 4 is 58.2 Å². The molecule has 2 heterocycles. The van der Waals surface area contributed by atoms with Crippen molar-refractivity contribution in [2.75, 3.05) is 9.80 Å². The molecule has 2 saturated heterocycles. The van der Waals surface area contributed by atoms with Gasteiger partial charge in [-0.15, -0.1) is 23.2 Å². The van der Waals surface area contributed by atoms with E-state index in [1.807, 2.05) is 0 Å². The molecule has 7 nitrogen and oxygen atoms in total. The minimum absolute atomic E-state index is 0.109. The van der Waals surface area contributed by atoms with Crippen LogP contribution in [-0.4, -0.2) is 38.5 Å². The van der Waals surface area contributed by atoms with Gasteiger partial charge in [0, 0.05) is 11.5 Å². The molecule has 3 aromatic carbocycles. The molecule has 284 valence electrons. The zero-order valence-corrected chi connectivity index (χ0v) is 27.7. The fourth-order valence-corrected chi connectivity index (χ4v) is 8.89. The second-order valence-corrected chi connectivity index (χ2v) is 14.3. The van der Waals surface area contributed by atoms with Crippen LogP contribution in [0.1, 0.15) is 35.4 Å². The van der Waals surface area contributed by atoms with E-state index in [-0.39, 0.29) is 34.2 Å². The molecule has 3 fully saturated rings. The number of benzene rings is 3. The average Bonchev–Trinajstić information content (AvgIpc) is 3.44. The van der Waals surface area contributed by atoms with Gasteiger partial charge in [0.25, 0.3) is 11.8 Å². The van der Waals surface area contributed by atoms with Crippen LogP contribution in [0, 0.1) is 46.8 Å². The molecule has 4 amide bonds. The van der Waals surface area contributed by atoms with Gasteiger partial charge in [0.15, 0.2) is 33.0 Å². The summed E-state index contributed by atoms with van der Waals surface area (Å²) in [5, 5.41) is 10.9. The Labute approximate surface area is 304 Å². The Hall–Kier alpha value is -4.71. The quantitative estimate of drug-likeness (QED) is 0.0726. The first-order valence-electron chi connectivity index (χ1n) is 15.4. The minimum atomic E-state index is -5.37. The number of carbonyl (C=O) groups excluding carboxylic acids is 4. The predicted octanol–water partition coefficient (Wildman–Crippen LogP) is 7.89. The van der Waals surface area contributed by atoms with E-state index in [1.165, 1.54) is 18.2 Å². The molecule has 1 saturated carbocycles. The first kappa shape index (κ1) is 37.6. The van der Waals surface area contributed by atoms with E-state index in [1.54, 1.807) is 0 Å². The molecule has 2 aliphatic carbocycles. The van der Waals surface area contributed by atoms with Crippen molar-refractivity contribution in [2.24, 2.45) is 17.8 Å². The lowest BCUT2D eigenvalue weighted by molar-refractivity contribution is -0.143. The highest BCUT2D eigenvalue weighted by atomic mass is 35.5. The summed E-state index contributed by atoms with van der Waals surface area (Å²) in [4.78, 5) is 50.0. The minimum Gasteiger partial charge on any atom is -0.508 e. The molecule has 3 aromatic rings. The third kappa shape index (κ3) is 4.94. The van der Waals surface area contributed by atoms with Crippen LogP contribution in [-0.2, 0) is 31.5 Å². The molecule has 0 aromatic heterocycles. The highest BCUT2D eigenvalue weighted by molar-refractivity contribution is 6.58. The molecule has 20 heteroatoms. The zero-order valence-electron chi connectivity index (χ0n) is 26.2. The highest BCUT2D eigenvalue weighted by Gasteiger charge is 2.77. The van der Waals surface area contributed by atoms with Gasteiger partial charge in [0.05, 0.1) is 28.7 Å². The number of allylic oxidation sites excluding steroid dienone is 2. The number of phenolic OH excluding ortho intramolecular Hbond substituents is 1. The summed E-state index contributed by atoms with van der Waals surface area (Å²) in [5.41, 5.74) is -7.29. The van der Waals surface area contributed by atoms with Gasteiger partial charge < -0.3 is 5.11 Å². The van der Waals surface area contributed by atoms with E-state index in [9.17, 15) is 63.8 Å². The van der Waals surface area contributed by atoms with Crippen LogP contribution in [0.4, 0.5) is 59.7 Å². The van der Waals surface area contributed by atoms with Crippen LogP contribution in [0.2, 0.25) is 0 Å². The number of rotatable bonds is 3. The largest absolute Gasteiger partial charge is 0.508 e. The first-order valence-corrected chi connectivity index (χ1v) is 16.2. The Kier molecular flexibility index (Phi) is 8.28. The third-order valence-electron chi connectivity index (χ3n) is 10.3. The van der Waals surface area contributed by atoms with Crippen molar-refractivity contribution in [1.82, 2.24) is 0 Å². The van der Waals surface area contributed by atoms with Gasteiger partial charge in [-0.05, 0) is 43.0 Å². The molecule has 6 atom stereocenters. The van der Waals surface area contributed by atoms with Crippen LogP contribution in [0.25, 0.3) is 0 Å². The number of para-hydroxylation sites is 1. The zero-order chi connectivity index (χ0) is 39.8. The topological polar surface area (TPSA) is 95.0 Å². The summed E-state index contributed by atoms with van der Waals surface area (Å²) in [6, 6.07) is 4.89. The van der Waals surface area contributed by atoms with Crippen molar-refractivity contribution in [3.05, 3.63) is 99.9 Å². The maximum Gasteiger partial charge on any atom is 0.416 e. The molecule has 2 aliphatic heterocycles. The maximum absolute atomic E-state index is 15.2. The number of anilines is 2. The number of phenols is 1. The number of amides is 4. The van der Waals surface area contributed by atoms with Crippen molar-refractivity contribution in [2.45, 2.75) is 40.9 Å². The number of hydrogen-bond donors (Lipinski definition) is 1. The number of alkyl halides is 8. The lowest BCUT2D eigenvalue weighted by atomic mass is 9.56. The SMILES string of the molecule is O=C1C2CC=C3C(CC4(Cl)C(=O)N(c5c(F)c(F)c(F)c(F)c5F)C(=O)C4(Cl)C3c3ccccc3O)C2C(=O)N1c1cc(C(F)(F)F)cc(C(F)(F)F)c1. The molecular weight excluding hydrogens is 796 g/mol. The molecular formula is C34H17Cl2F11N2O5. The predicted molar refractivity (Wildman–Crippen MR) is 163 cm³/mol. The first-order chi connectivity index (χ1) is 25.0. The molecule has 0 spiro atoms. The van der Waals surface area contributed by atoms with Gasteiger partial charge >= 0.3 is 12.4 Å². The summed E-state index contributed by atoms with van der Waals surface area (Å²) < 4.78 is 155. The standard InChI is InChI=1S/C34H17Cl2F11N2O5/c35-31-10-17-14(5-6-16-19(17)28(52)48(27(16)51)13-8-11(33(42,43)44)7-12(9-13)34(45,46)47)20(15-3-1-2-4-18(15)50)32(31,36)30(54)49(29(31)53)26-24(40)22(38)21(37)23(39)25(26)41/h1-5,7-9,16-17,19-20,50H,6,10H2. The number of halogens is 13. The van der Waals surface area contributed by atoms with Crippen LogP contribution >= 0.6 is 23.2 Å². The Bertz CT molecular complexity index is 2200. The monoisotopic (exact) mass is 812 g/mol. The van der Waals surface area contributed by atoms with Crippen molar-refractivity contribution < 1.29 is 72.6 Å². The molecule has 0 radical (unpaired) electrons. The number of hydrogen-bond acceptors (Lipinski definition) is 5. The Balaban J connectivity index is 1.41. The average molecular weight is 813 g/mol. The Morgan fingerprint density at radius 2 is 1.24 bits per heavy atom. The fourth-order valence-electron chi connectivity index (χ4n) is 7.97. The summed E-state index contributed by atoms with van der Waals surface area (Å²) in [6.07, 6.45) is -11.0. The van der Waals surface area contributed by atoms with E-state index in [2.05, 4.69) is 0 Å². The number of aromatic hydroxyl groups is 1. The number of nitrogens with zero attached hydrogens (tertiary/aromatic N) is 2. The van der Waals surface area contributed by atoms with Crippen LogP contribution in [0.5, 0.6) is 5.75 Å². The normalized spacial score (nSPS) is 28.4. The van der Waals surface area contributed by atoms with Gasteiger partial charge in [0.1, 0.15) is 11.4 Å². The molecule has 54 heavy (non-hydrogen) atoms. The third-order valence-corrected chi connectivity index (χ3v) is 11.7. The molecule has 4 aliphatic rings. The highest BCUT2D eigenvalue weighted by Crippen LogP contribution is 2.67. The van der Waals surface area contributed by atoms with Crippen molar-refractivity contribution in [1.29, 1.82) is 0 Å². The lowest BCUT2D eigenvalue weighted by Crippen LogP contribution is -2.60. The van der Waals surface area contributed by atoms with Crippen LogP contribution in [0.3, 0.4) is 0 Å².